The zero-order chi connectivity index (χ0) is 20.5. The largest absolute Gasteiger partial charge is 0.466 e. The summed E-state index contributed by atoms with van der Waals surface area (Å²) in [5, 5.41) is 4.63. The molecule has 1 aromatic heterocycles. The van der Waals surface area contributed by atoms with Gasteiger partial charge in [-0.05, 0) is 36.4 Å². The minimum Gasteiger partial charge on any atom is -0.466 e. The first-order valence-electron chi connectivity index (χ1n) is 7.97. The van der Waals surface area contributed by atoms with Crippen LogP contribution in [0.3, 0.4) is 0 Å². The van der Waals surface area contributed by atoms with Gasteiger partial charge in [0.2, 0.25) is 0 Å². The van der Waals surface area contributed by atoms with E-state index in [9.17, 15) is 22.4 Å². The number of carbonyl (C=O) groups excluding carboxylic acids is 1. The summed E-state index contributed by atoms with van der Waals surface area (Å²) in [5.74, 6) is -1.24. The second-order valence-electron chi connectivity index (χ2n) is 5.86. The summed E-state index contributed by atoms with van der Waals surface area (Å²) in [6.45, 7) is -0.0308. The molecular formula is C19H13ClF4N2O2. The molecular weight excluding hydrogens is 400 g/mol. The molecule has 0 fully saturated rings. The van der Waals surface area contributed by atoms with Crippen LogP contribution < -0.4 is 0 Å². The normalized spacial score (nSPS) is 12.1. The quantitative estimate of drug-likeness (QED) is 0.341. The van der Waals surface area contributed by atoms with E-state index in [1.54, 1.807) is 0 Å². The van der Waals surface area contributed by atoms with E-state index in [4.69, 9.17) is 11.6 Å². The van der Waals surface area contributed by atoms with Crippen molar-refractivity contribution < 1.29 is 27.1 Å². The van der Waals surface area contributed by atoms with Crippen molar-refractivity contribution in [3.63, 3.8) is 0 Å². The van der Waals surface area contributed by atoms with Gasteiger partial charge in [-0.15, -0.1) is 0 Å². The SMILES string of the molecule is COC(=O)/C=C/c1nn(Cc2ccc(Cl)cc2F)c2ccc(C(F)(F)F)cc12. The van der Waals surface area contributed by atoms with Crippen LogP contribution in [0.25, 0.3) is 17.0 Å². The van der Waals surface area contributed by atoms with Crippen LogP contribution in [0, 0.1) is 5.82 Å². The third-order valence-electron chi connectivity index (χ3n) is 4.02. The highest BCUT2D eigenvalue weighted by Gasteiger charge is 2.31. The number of benzene rings is 2. The fourth-order valence-electron chi connectivity index (χ4n) is 2.65. The molecule has 1 heterocycles. The Morgan fingerprint density at radius 2 is 2.00 bits per heavy atom. The molecule has 0 N–H and O–H groups in total. The fraction of sp³-hybridized carbons (Fsp3) is 0.158. The Morgan fingerprint density at radius 3 is 2.64 bits per heavy atom. The predicted octanol–water partition coefficient (Wildman–Crippen LogP) is 5.08. The molecule has 3 aromatic rings. The Kier molecular flexibility index (Phi) is 5.42. The van der Waals surface area contributed by atoms with Crippen LogP contribution in [0.15, 0.2) is 42.5 Å². The van der Waals surface area contributed by atoms with Crippen LogP contribution in [0.2, 0.25) is 5.02 Å². The summed E-state index contributed by atoms with van der Waals surface area (Å²) >= 11 is 5.74. The minimum absolute atomic E-state index is 0.0308. The maximum absolute atomic E-state index is 14.1. The van der Waals surface area contributed by atoms with Crippen molar-refractivity contribution in [2.24, 2.45) is 0 Å². The van der Waals surface area contributed by atoms with Crippen LogP contribution in [-0.4, -0.2) is 22.9 Å². The van der Waals surface area contributed by atoms with Gasteiger partial charge < -0.3 is 4.74 Å². The molecule has 0 unspecified atom stereocenters. The molecule has 0 spiro atoms. The van der Waals surface area contributed by atoms with Crippen molar-refractivity contribution in [1.82, 2.24) is 9.78 Å². The van der Waals surface area contributed by atoms with Gasteiger partial charge in [0.1, 0.15) is 5.82 Å². The van der Waals surface area contributed by atoms with Gasteiger partial charge in [-0.25, -0.2) is 9.18 Å². The number of rotatable bonds is 4. The number of carbonyl (C=O) groups is 1. The molecule has 146 valence electrons. The number of aromatic nitrogens is 2. The molecule has 0 radical (unpaired) electrons. The molecule has 28 heavy (non-hydrogen) atoms. The molecule has 0 saturated carbocycles. The first-order chi connectivity index (χ1) is 13.2. The van der Waals surface area contributed by atoms with Crippen LogP contribution >= 0.6 is 11.6 Å². The lowest BCUT2D eigenvalue weighted by molar-refractivity contribution is -0.137. The van der Waals surface area contributed by atoms with E-state index in [1.807, 2.05) is 0 Å². The van der Waals surface area contributed by atoms with Crippen LogP contribution in [0.1, 0.15) is 16.8 Å². The number of ether oxygens (including phenoxy) is 1. The Morgan fingerprint density at radius 1 is 1.25 bits per heavy atom. The standard InChI is InChI=1S/C19H13ClF4N2O2/c1-28-18(27)7-5-16-14-8-12(19(22,23)24)3-6-17(14)26(25-16)10-11-2-4-13(20)9-15(11)21/h2-9H,10H2,1H3/b7-5+. The van der Waals surface area contributed by atoms with Crippen molar-refractivity contribution in [2.45, 2.75) is 12.7 Å². The van der Waals surface area contributed by atoms with E-state index in [-0.39, 0.29) is 28.2 Å². The monoisotopic (exact) mass is 412 g/mol. The summed E-state index contributed by atoms with van der Waals surface area (Å²) < 4.78 is 59.2. The van der Waals surface area contributed by atoms with Gasteiger partial charge in [0.25, 0.3) is 0 Å². The molecule has 0 amide bonds. The number of hydrogen-bond acceptors (Lipinski definition) is 3. The van der Waals surface area contributed by atoms with Crippen molar-refractivity contribution in [2.75, 3.05) is 7.11 Å². The highest BCUT2D eigenvalue weighted by atomic mass is 35.5. The first-order valence-corrected chi connectivity index (χ1v) is 8.34. The minimum atomic E-state index is -4.54. The van der Waals surface area contributed by atoms with E-state index < -0.39 is 23.5 Å². The summed E-state index contributed by atoms with van der Waals surface area (Å²) in [5.41, 5.74) is -0.116. The van der Waals surface area contributed by atoms with Crippen molar-refractivity contribution in [3.05, 3.63) is 70.1 Å². The lowest BCUT2D eigenvalue weighted by Gasteiger charge is -2.08. The van der Waals surface area contributed by atoms with Gasteiger partial charge in [-0.3, -0.25) is 4.68 Å². The zero-order valence-corrected chi connectivity index (χ0v) is 15.2. The maximum Gasteiger partial charge on any atom is 0.416 e. The Labute approximate surface area is 162 Å². The molecule has 0 aliphatic heterocycles. The topological polar surface area (TPSA) is 44.1 Å². The van der Waals surface area contributed by atoms with Gasteiger partial charge >= 0.3 is 12.1 Å². The fourth-order valence-corrected chi connectivity index (χ4v) is 2.81. The molecule has 4 nitrogen and oxygen atoms in total. The summed E-state index contributed by atoms with van der Waals surface area (Å²) in [6.07, 6.45) is -2.24. The van der Waals surface area contributed by atoms with E-state index in [1.165, 1.54) is 36.1 Å². The Balaban J connectivity index is 2.12. The summed E-state index contributed by atoms with van der Waals surface area (Å²) in [7, 11) is 1.18. The summed E-state index contributed by atoms with van der Waals surface area (Å²) in [6, 6.07) is 7.24. The van der Waals surface area contributed by atoms with E-state index >= 15 is 0 Å². The predicted molar refractivity (Wildman–Crippen MR) is 96.3 cm³/mol. The molecule has 2 aromatic carbocycles. The molecule has 3 rings (SSSR count). The second-order valence-corrected chi connectivity index (χ2v) is 6.30. The molecule has 0 aliphatic carbocycles. The zero-order valence-electron chi connectivity index (χ0n) is 14.4. The lowest BCUT2D eigenvalue weighted by atomic mass is 10.1. The highest BCUT2D eigenvalue weighted by molar-refractivity contribution is 6.30. The third-order valence-corrected chi connectivity index (χ3v) is 4.26. The number of fused-ring (bicyclic) bond motifs is 1. The Hall–Kier alpha value is -2.87. The second kappa shape index (κ2) is 7.63. The van der Waals surface area contributed by atoms with Crippen molar-refractivity contribution in [3.8, 4) is 0 Å². The Bertz CT molecular complexity index is 1070. The van der Waals surface area contributed by atoms with Crippen LogP contribution in [0.4, 0.5) is 17.6 Å². The number of esters is 1. The smallest absolute Gasteiger partial charge is 0.416 e. The average Bonchev–Trinajstić information content (AvgIpc) is 2.98. The summed E-state index contributed by atoms with van der Waals surface area (Å²) in [4.78, 5) is 11.3. The number of halogens is 5. The molecule has 9 heteroatoms. The van der Waals surface area contributed by atoms with Gasteiger partial charge in [0, 0.05) is 22.0 Å². The van der Waals surface area contributed by atoms with Crippen molar-refractivity contribution in [1.29, 1.82) is 0 Å². The van der Waals surface area contributed by atoms with E-state index in [0.29, 0.717) is 5.52 Å². The van der Waals surface area contributed by atoms with Crippen molar-refractivity contribution >= 4 is 34.5 Å². The van der Waals surface area contributed by atoms with Gasteiger partial charge in [-0.1, -0.05) is 17.7 Å². The third kappa shape index (κ3) is 4.17. The number of nitrogens with zero attached hydrogens (tertiary/aromatic N) is 2. The van der Waals surface area contributed by atoms with Gasteiger partial charge in [-0.2, -0.15) is 18.3 Å². The van der Waals surface area contributed by atoms with Crippen LogP contribution in [-0.2, 0) is 22.3 Å². The number of alkyl halides is 3. The van der Waals surface area contributed by atoms with Gasteiger partial charge in [0.15, 0.2) is 0 Å². The number of hydrogen-bond donors (Lipinski definition) is 0. The highest BCUT2D eigenvalue weighted by Crippen LogP contribution is 2.33. The molecule has 0 bridgehead atoms. The average molecular weight is 413 g/mol. The molecule has 0 atom stereocenters. The van der Waals surface area contributed by atoms with E-state index in [2.05, 4.69) is 9.84 Å². The van der Waals surface area contributed by atoms with Gasteiger partial charge in [0.05, 0.1) is 30.4 Å². The molecule has 0 aliphatic rings. The van der Waals surface area contributed by atoms with Crippen LogP contribution in [0.5, 0.6) is 0 Å². The maximum atomic E-state index is 14.1. The lowest BCUT2D eigenvalue weighted by Crippen LogP contribution is -2.05. The number of methoxy groups -OCH3 is 1. The van der Waals surface area contributed by atoms with E-state index in [0.717, 1.165) is 24.3 Å². The molecule has 0 saturated heterocycles. The first kappa shape index (κ1) is 19.9.